The van der Waals surface area contributed by atoms with E-state index in [-0.39, 0.29) is 29.0 Å². The first-order valence-electron chi connectivity index (χ1n) is 11.7. The Balaban J connectivity index is 1.45. The number of hydrogen-bond donors (Lipinski definition) is 1. The number of halogens is 2. The van der Waals surface area contributed by atoms with Crippen molar-refractivity contribution in [3.63, 3.8) is 0 Å². The molecule has 0 bridgehead atoms. The number of pyridine rings is 1. The first-order chi connectivity index (χ1) is 17.7. The molecule has 11 heteroatoms. The maximum atomic E-state index is 14.0. The van der Waals surface area contributed by atoms with Crippen molar-refractivity contribution in [2.24, 2.45) is 7.05 Å². The largest absolute Gasteiger partial charge is 0.321 e. The van der Waals surface area contributed by atoms with Crippen LogP contribution in [0.4, 0.5) is 14.5 Å². The fourth-order valence-corrected chi connectivity index (χ4v) is 4.47. The molecular formula is C26H26F2N8O. The first kappa shape index (κ1) is 24.3. The molecule has 0 aliphatic heterocycles. The van der Waals surface area contributed by atoms with Gasteiger partial charge in [-0.15, -0.1) is 0 Å². The van der Waals surface area contributed by atoms with Crippen LogP contribution in [0.3, 0.4) is 0 Å². The Bertz CT molecular complexity index is 1600. The topological polar surface area (TPSA) is 95.5 Å². The molecule has 0 radical (unpaired) electrons. The predicted octanol–water partition coefficient (Wildman–Crippen LogP) is 4.58. The third kappa shape index (κ3) is 4.72. The number of aromatic nitrogens is 7. The fourth-order valence-electron chi connectivity index (χ4n) is 4.47. The van der Waals surface area contributed by atoms with Crippen LogP contribution in [-0.4, -0.2) is 40.2 Å². The van der Waals surface area contributed by atoms with Crippen LogP contribution in [0, 0.1) is 20.8 Å². The minimum Gasteiger partial charge on any atom is -0.321 e. The van der Waals surface area contributed by atoms with Crippen molar-refractivity contribution >= 4 is 22.6 Å². The Morgan fingerprint density at radius 1 is 1.05 bits per heavy atom. The van der Waals surface area contributed by atoms with Crippen molar-refractivity contribution in [1.82, 2.24) is 34.3 Å². The third-order valence-electron chi connectivity index (χ3n) is 6.26. The highest BCUT2D eigenvalue weighted by molar-refractivity contribution is 5.93. The number of anilines is 1. The number of hydrogen-bond acceptors (Lipinski definition) is 5. The second-order valence-corrected chi connectivity index (χ2v) is 8.98. The molecule has 0 saturated carbocycles. The number of nitrogens with zero attached hydrogens (tertiary/aromatic N) is 7. The van der Waals surface area contributed by atoms with E-state index in [4.69, 9.17) is 0 Å². The van der Waals surface area contributed by atoms with Gasteiger partial charge < -0.3 is 5.32 Å². The molecule has 1 N–H and O–H groups in total. The van der Waals surface area contributed by atoms with Crippen LogP contribution < -0.4 is 5.32 Å². The lowest BCUT2D eigenvalue weighted by atomic mass is 10.1. The summed E-state index contributed by atoms with van der Waals surface area (Å²) in [4.78, 5) is 17.7. The third-order valence-corrected chi connectivity index (χ3v) is 6.26. The number of rotatable bonds is 7. The molecule has 0 unspecified atom stereocenters. The van der Waals surface area contributed by atoms with Gasteiger partial charge in [0, 0.05) is 24.4 Å². The van der Waals surface area contributed by atoms with Gasteiger partial charge >= 0.3 is 0 Å². The average Bonchev–Trinajstić information content (AvgIpc) is 3.51. The highest BCUT2D eigenvalue weighted by Crippen LogP contribution is 2.33. The molecule has 37 heavy (non-hydrogen) atoms. The van der Waals surface area contributed by atoms with E-state index < -0.39 is 6.43 Å². The van der Waals surface area contributed by atoms with E-state index in [1.165, 1.54) is 10.7 Å². The Hall–Kier alpha value is -4.41. The quantitative estimate of drug-likeness (QED) is 0.350. The zero-order chi connectivity index (χ0) is 26.3. The van der Waals surface area contributed by atoms with Gasteiger partial charge in [0.05, 0.1) is 46.6 Å². The minimum absolute atomic E-state index is 0.179. The maximum absolute atomic E-state index is 14.0. The second kappa shape index (κ2) is 9.57. The van der Waals surface area contributed by atoms with E-state index in [1.807, 2.05) is 48.9 Å². The normalized spacial score (nSPS) is 11.5. The summed E-state index contributed by atoms with van der Waals surface area (Å²) < 4.78 is 32.8. The highest BCUT2D eigenvalue weighted by Gasteiger charge is 2.23. The molecule has 1 amide bonds. The van der Waals surface area contributed by atoms with Crippen molar-refractivity contribution < 1.29 is 13.6 Å². The number of aryl methyl sites for hydroxylation is 3. The Morgan fingerprint density at radius 2 is 1.78 bits per heavy atom. The van der Waals surface area contributed by atoms with Crippen molar-refractivity contribution in [2.75, 3.05) is 5.32 Å². The van der Waals surface area contributed by atoms with Crippen LogP contribution in [0.5, 0.6) is 0 Å². The molecule has 0 fully saturated rings. The number of fused-ring (bicyclic) bond motifs is 1. The molecular weight excluding hydrogens is 478 g/mol. The Morgan fingerprint density at radius 3 is 2.46 bits per heavy atom. The summed E-state index contributed by atoms with van der Waals surface area (Å²) in [5.41, 5.74) is 4.56. The van der Waals surface area contributed by atoms with Crippen molar-refractivity contribution in [2.45, 2.75) is 40.3 Å². The predicted molar refractivity (Wildman–Crippen MR) is 135 cm³/mol. The van der Waals surface area contributed by atoms with Crippen LogP contribution in [0.15, 0.2) is 48.8 Å². The molecule has 0 aliphatic rings. The van der Waals surface area contributed by atoms with Gasteiger partial charge in [0.2, 0.25) is 5.91 Å². The van der Waals surface area contributed by atoms with Crippen molar-refractivity contribution in [1.29, 1.82) is 0 Å². The SMILES string of the molecule is Cc1nn(Cc2ccccc2)c(C)c1NC(=O)Cn1nc(C)c2c(C(F)F)cc(-c3cnn(C)c3)nc21. The summed E-state index contributed by atoms with van der Waals surface area (Å²) in [5.74, 6) is -0.359. The fraction of sp³-hybridized carbons (Fsp3) is 0.269. The van der Waals surface area contributed by atoms with Gasteiger partial charge in [-0.25, -0.2) is 18.4 Å². The van der Waals surface area contributed by atoms with Crippen LogP contribution >= 0.6 is 0 Å². The molecule has 0 atom stereocenters. The molecule has 4 heterocycles. The van der Waals surface area contributed by atoms with E-state index in [0.717, 1.165) is 11.3 Å². The number of carbonyl (C=O) groups is 1. The van der Waals surface area contributed by atoms with Crippen molar-refractivity contribution in [3.8, 4) is 11.3 Å². The molecule has 5 aromatic rings. The van der Waals surface area contributed by atoms with Crippen molar-refractivity contribution in [3.05, 3.63) is 77.0 Å². The van der Waals surface area contributed by atoms with Gasteiger partial charge in [-0.2, -0.15) is 15.3 Å². The lowest BCUT2D eigenvalue weighted by molar-refractivity contribution is -0.116. The highest BCUT2D eigenvalue weighted by atomic mass is 19.3. The minimum atomic E-state index is -2.73. The molecule has 1 aromatic carbocycles. The van der Waals surface area contributed by atoms with Gasteiger partial charge in [-0.05, 0) is 32.4 Å². The number of alkyl halides is 2. The maximum Gasteiger partial charge on any atom is 0.264 e. The number of benzene rings is 1. The summed E-state index contributed by atoms with van der Waals surface area (Å²) in [5, 5.41) is 16.2. The molecule has 190 valence electrons. The summed E-state index contributed by atoms with van der Waals surface area (Å²) in [6.45, 7) is 5.73. The Kier molecular flexibility index (Phi) is 6.28. The summed E-state index contributed by atoms with van der Waals surface area (Å²) in [7, 11) is 1.74. The average molecular weight is 505 g/mol. The van der Waals surface area contributed by atoms with E-state index in [9.17, 15) is 13.6 Å². The van der Waals surface area contributed by atoms with Gasteiger partial charge in [0.15, 0.2) is 5.65 Å². The van der Waals surface area contributed by atoms with E-state index in [2.05, 4.69) is 25.6 Å². The molecule has 0 spiro atoms. The standard InChI is InChI=1S/C26H26F2N8O/c1-15-23-20(25(27)28)10-21(19-11-29-34(4)13-19)30-26(23)36(32-15)14-22(37)31-24-16(2)33-35(17(24)3)12-18-8-6-5-7-9-18/h5-11,13,25H,12,14H2,1-4H3,(H,31,37). The van der Waals surface area contributed by atoms with E-state index in [1.54, 1.807) is 31.0 Å². The van der Waals surface area contributed by atoms with Gasteiger partial charge in [0.25, 0.3) is 6.43 Å². The van der Waals surface area contributed by atoms with Gasteiger partial charge in [-0.1, -0.05) is 30.3 Å². The zero-order valence-electron chi connectivity index (χ0n) is 20.9. The van der Waals surface area contributed by atoms with Gasteiger partial charge in [-0.3, -0.25) is 14.2 Å². The summed E-state index contributed by atoms with van der Waals surface area (Å²) >= 11 is 0. The van der Waals surface area contributed by atoms with Crippen LogP contribution in [0.25, 0.3) is 22.3 Å². The van der Waals surface area contributed by atoms with Crippen LogP contribution in [0.2, 0.25) is 0 Å². The number of amides is 1. The lowest BCUT2D eigenvalue weighted by Gasteiger charge is -2.09. The lowest BCUT2D eigenvalue weighted by Crippen LogP contribution is -2.20. The second-order valence-electron chi connectivity index (χ2n) is 8.98. The van der Waals surface area contributed by atoms with E-state index in [0.29, 0.717) is 34.9 Å². The van der Waals surface area contributed by atoms with Crippen LogP contribution in [0.1, 0.15) is 34.6 Å². The summed E-state index contributed by atoms with van der Waals surface area (Å²) in [6.07, 6.45) is 0.525. The monoisotopic (exact) mass is 504 g/mol. The molecule has 0 aliphatic carbocycles. The summed E-state index contributed by atoms with van der Waals surface area (Å²) in [6, 6.07) is 11.3. The number of carbonyl (C=O) groups excluding carboxylic acids is 1. The Labute approximate surface area is 211 Å². The molecule has 4 aromatic heterocycles. The number of nitrogens with one attached hydrogen (secondary N) is 1. The molecule has 5 rings (SSSR count). The zero-order valence-corrected chi connectivity index (χ0v) is 20.9. The smallest absolute Gasteiger partial charge is 0.264 e. The van der Waals surface area contributed by atoms with Crippen LogP contribution in [-0.2, 0) is 24.9 Å². The van der Waals surface area contributed by atoms with Gasteiger partial charge in [0.1, 0.15) is 6.54 Å². The molecule has 0 saturated heterocycles. The van der Waals surface area contributed by atoms with E-state index >= 15 is 0 Å². The molecule has 9 nitrogen and oxygen atoms in total. The first-order valence-corrected chi connectivity index (χ1v) is 11.7.